The molecule has 5 nitrogen and oxygen atoms in total. The van der Waals surface area contributed by atoms with Gasteiger partial charge in [0, 0.05) is 10.6 Å². The summed E-state index contributed by atoms with van der Waals surface area (Å²) in [6.45, 7) is 0. The van der Waals surface area contributed by atoms with E-state index in [1.807, 2.05) is 0 Å². The predicted octanol–water partition coefficient (Wildman–Crippen LogP) is 1.57. The van der Waals surface area contributed by atoms with E-state index in [9.17, 15) is 4.79 Å². The maximum Gasteiger partial charge on any atom is 0.325 e. The molecule has 0 saturated carbocycles. The van der Waals surface area contributed by atoms with Crippen LogP contribution in [-0.2, 0) is 4.79 Å². The van der Waals surface area contributed by atoms with Gasteiger partial charge in [0.15, 0.2) is 12.0 Å². The highest BCUT2D eigenvalue weighted by molar-refractivity contribution is 6.31. The van der Waals surface area contributed by atoms with E-state index in [1.165, 1.54) is 12.5 Å². The highest BCUT2D eigenvalue weighted by atomic mass is 35.5. The molecule has 1 aromatic carbocycles. The molecule has 0 aliphatic carbocycles. The van der Waals surface area contributed by atoms with Crippen LogP contribution in [0, 0.1) is 0 Å². The molecule has 0 aliphatic rings. The Morgan fingerprint density at radius 3 is 3.00 bits per heavy atom. The third-order valence-electron chi connectivity index (χ3n) is 2.03. The Morgan fingerprint density at radius 2 is 2.33 bits per heavy atom. The van der Waals surface area contributed by atoms with Crippen molar-refractivity contribution in [3.05, 3.63) is 29.1 Å². The number of halogens is 1. The van der Waals surface area contributed by atoms with E-state index in [0.29, 0.717) is 21.7 Å². The molecule has 0 aliphatic heterocycles. The Morgan fingerprint density at radius 1 is 1.60 bits per heavy atom. The number of oxazole rings is 1. The number of hydrogen-bond donors (Lipinski definition) is 2. The maximum atomic E-state index is 10.7. The average Bonchev–Trinajstić information content (AvgIpc) is 2.62. The molecule has 0 amide bonds. The van der Waals surface area contributed by atoms with Crippen LogP contribution in [0.3, 0.4) is 0 Å². The molecule has 1 heterocycles. The van der Waals surface area contributed by atoms with Crippen molar-refractivity contribution >= 4 is 28.7 Å². The van der Waals surface area contributed by atoms with Crippen molar-refractivity contribution in [2.75, 3.05) is 0 Å². The number of carbonyl (C=O) groups is 1. The number of nitrogens with two attached hydrogens (primary N) is 1. The lowest BCUT2D eigenvalue weighted by molar-refractivity contribution is -0.138. The van der Waals surface area contributed by atoms with E-state index in [4.69, 9.17) is 26.9 Å². The summed E-state index contributed by atoms with van der Waals surface area (Å²) in [6, 6.07) is 1.88. The second-order valence-corrected chi connectivity index (χ2v) is 3.45. The van der Waals surface area contributed by atoms with Crippen LogP contribution in [0.1, 0.15) is 11.6 Å². The fraction of sp³-hybridized carbons (Fsp3) is 0.111. The quantitative estimate of drug-likeness (QED) is 0.811. The predicted molar refractivity (Wildman–Crippen MR) is 53.6 cm³/mol. The fourth-order valence-electron chi connectivity index (χ4n) is 1.32. The van der Waals surface area contributed by atoms with Gasteiger partial charge < -0.3 is 15.3 Å². The van der Waals surface area contributed by atoms with Crippen LogP contribution in [0.4, 0.5) is 0 Å². The first kappa shape index (κ1) is 9.95. The van der Waals surface area contributed by atoms with Crippen LogP contribution < -0.4 is 5.73 Å². The van der Waals surface area contributed by atoms with Gasteiger partial charge in [-0.2, -0.15) is 0 Å². The Hall–Kier alpha value is -1.59. The summed E-state index contributed by atoms with van der Waals surface area (Å²) in [5, 5.41) is 9.17. The fourth-order valence-corrected chi connectivity index (χ4v) is 1.54. The van der Waals surface area contributed by atoms with Crippen molar-refractivity contribution < 1.29 is 14.3 Å². The normalized spacial score (nSPS) is 12.9. The minimum absolute atomic E-state index is 0.322. The molecule has 2 rings (SSSR count). The maximum absolute atomic E-state index is 10.7. The minimum atomic E-state index is -1.17. The topological polar surface area (TPSA) is 89.4 Å². The molecule has 2 aromatic rings. The van der Waals surface area contributed by atoms with Crippen molar-refractivity contribution in [1.82, 2.24) is 4.98 Å². The molecule has 0 saturated heterocycles. The lowest BCUT2D eigenvalue weighted by Gasteiger charge is -2.06. The molecular weight excluding hydrogens is 220 g/mol. The summed E-state index contributed by atoms with van der Waals surface area (Å²) in [5.41, 5.74) is 6.66. The lowest BCUT2D eigenvalue weighted by Crippen LogP contribution is -2.20. The van der Waals surface area contributed by atoms with Gasteiger partial charge in [-0.25, -0.2) is 4.98 Å². The van der Waals surface area contributed by atoms with Crippen LogP contribution in [0.2, 0.25) is 5.02 Å². The van der Waals surface area contributed by atoms with Crippen LogP contribution in [0.25, 0.3) is 11.1 Å². The zero-order chi connectivity index (χ0) is 11.0. The summed E-state index contributed by atoms with van der Waals surface area (Å²) in [5.74, 6) is -1.14. The van der Waals surface area contributed by atoms with Gasteiger partial charge in [0.25, 0.3) is 0 Å². The number of rotatable bonds is 2. The number of nitrogens with zero attached hydrogens (tertiary/aromatic N) is 1. The van der Waals surface area contributed by atoms with E-state index < -0.39 is 12.0 Å². The molecule has 0 bridgehead atoms. The molecule has 0 fully saturated rings. The first-order chi connectivity index (χ1) is 7.09. The van der Waals surface area contributed by atoms with E-state index in [-0.39, 0.29) is 0 Å². The van der Waals surface area contributed by atoms with E-state index in [1.54, 1.807) is 6.07 Å². The summed E-state index contributed by atoms with van der Waals surface area (Å²) in [4.78, 5) is 14.6. The molecule has 6 heteroatoms. The Labute approximate surface area is 89.5 Å². The average molecular weight is 227 g/mol. The van der Waals surface area contributed by atoms with E-state index in [0.717, 1.165) is 0 Å². The zero-order valence-electron chi connectivity index (χ0n) is 7.48. The summed E-state index contributed by atoms with van der Waals surface area (Å²) in [6.07, 6.45) is 1.22. The highest BCUT2D eigenvalue weighted by Gasteiger charge is 2.20. The standard InChI is InChI=1S/C9H7ClN2O3/c10-4-1-5(7(11)9(13)14)8-6(2-4)12-3-15-8/h1-3,7H,11H2,(H,13,14). The van der Waals surface area contributed by atoms with Gasteiger partial charge >= 0.3 is 5.97 Å². The van der Waals surface area contributed by atoms with E-state index in [2.05, 4.69) is 4.98 Å². The molecule has 1 aromatic heterocycles. The second kappa shape index (κ2) is 3.52. The van der Waals surface area contributed by atoms with Crippen molar-refractivity contribution in [3.8, 4) is 0 Å². The molecule has 78 valence electrons. The SMILES string of the molecule is NC(C(=O)O)c1cc(Cl)cc2ncoc12. The third-order valence-corrected chi connectivity index (χ3v) is 2.24. The second-order valence-electron chi connectivity index (χ2n) is 3.01. The Balaban J connectivity index is 2.67. The Kier molecular flexibility index (Phi) is 2.34. The monoisotopic (exact) mass is 226 g/mol. The van der Waals surface area contributed by atoms with Gasteiger partial charge in [-0.3, -0.25) is 4.79 Å². The summed E-state index contributed by atoms with van der Waals surface area (Å²) >= 11 is 5.80. The number of aliphatic carboxylic acids is 1. The number of carboxylic acids is 1. The van der Waals surface area contributed by atoms with Gasteiger partial charge in [0.2, 0.25) is 0 Å². The first-order valence-corrected chi connectivity index (χ1v) is 4.48. The van der Waals surface area contributed by atoms with Crippen molar-refractivity contribution in [3.63, 3.8) is 0 Å². The molecule has 0 spiro atoms. The number of carboxylic acid groups (broad SMARTS) is 1. The molecular formula is C9H7ClN2O3. The third kappa shape index (κ3) is 1.67. The molecule has 1 unspecified atom stereocenters. The minimum Gasteiger partial charge on any atom is -0.480 e. The lowest BCUT2D eigenvalue weighted by atomic mass is 10.1. The van der Waals surface area contributed by atoms with Gasteiger partial charge in [-0.05, 0) is 12.1 Å². The van der Waals surface area contributed by atoms with Crippen LogP contribution in [0.15, 0.2) is 22.9 Å². The van der Waals surface area contributed by atoms with Crippen molar-refractivity contribution in [2.45, 2.75) is 6.04 Å². The van der Waals surface area contributed by atoms with Gasteiger partial charge in [0.1, 0.15) is 11.6 Å². The highest BCUT2D eigenvalue weighted by Crippen LogP contribution is 2.26. The van der Waals surface area contributed by atoms with Crippen LogP contribution in [-0.4, -0.2) is 16.1 Å². The number of hydrogen-bond acceptors (Lipinski definition) is 4. The van der Waals surface area contributed by atoms with E-state index >= 15 is 0 Å². The largest absolute Gasteiger partial charge is 0.480 e. The molecule has 0 radical (unpaired) electrons. The molecule has 1 atom stereocenters. The van der Waals surface area contributed by atoms with Gasteiger partial charge in [-0.15, -0.1) is 0 Å². The summed E-state index contributed by atoms with van der Waals surface area (Å²) in [7, 11) is 0. The van der Waals surface area contributed by atoms with Crippen molar-refractivity contribution in [1.29, 1.82) is 0 Å². The molecule has 15 heavy (non-hydrogen) atoms. The number of aromatic nitrogens is 1. The first-order valence-electron chi connectivity index (χ1n) is 4.10. The molecule has 3 N–H and O–H groups in total. The summed E-state index contributed by atoms with van der Waals surface area (Å²) < 4.78 is 5.06. The Bertz CT molecular complexity index is 523. The number of fused-ring (bicyclic) bond motifs is 1. The smallest absolute Gasteiger partial charge is 0.325 e. The van der Waals surface area contributed by atoms with Crippen LogP contribution >= 0.6 is 11.6 Å². The number of benzene rings is 1. The van der Waals surface area contributed by atoms with Crippen LogP contribution in [0.5, 0.6) is 0 Å². The van der Waals surface area contributed by atoms with Crippen molar-refractivity contribution in [2.24, 2.45) is 5.73 Å². The van der Waals surface area contributed by atoms with Gasteiger partial charge in [0.05, 0.1) is 0 Å². The van der Waals surface area contributed by atoms with Gasteiger partial charge in [-0.1, -0.05) is 11.6 Å². The zero-order valence-corrected chi connectivity index (χ0v) is 8.23.